The highest BCUT2D eigenvalue weighted by atomic mass is 28.4. The van der Waals surface area contributed by atoms with Gasteiger partial charge in [-0.25, -0.2) is 4.79 Å². The van der Waals surface area contributed by atoms with Gasteiger partial charge in [-0.15, -0.1) is 0 Å². The molecule has 0 aromatic rings. The minimum atomic E-state index is -1.96. The topological polar surface area (TPSA) is 67.8 Å². The first kappa shape index (κ1) is 16.4. The van der Waals surface area contributed by atoms with E-state index >= 15 is 0 Å². The second-order valence-corrected chi connectivity index (χ2v) is 10.5. The molecule has 6 heteroatoms. The van der Waals surface area contributed by atoms with Crippen molar-refractivity contribution in [3.05, 3.63) is 0 Å². The number of carboxylic acid groups (broad SMARTS) is 1. The maximum Gasteiger partial charge on any atom is 0.405 e. The van der Waals surface area contributed by atoms with Crippen molar-refractivity contribution in [2.75, 3.05) is 7.11 Å². The highest BCUT2D eigenvalue weighted by Gasteiger charge is 2.40. The number of amides is 1. The van der Waals surface area contributed by atoms with Gasteiger partial charge in [-0.2, -0.15) is 0 Å². The van der Waals surface area contributed by atoms with Gasteiger partial charge < -0.3 is 19.6 Å². The Bertz CT molecular complexity index is 263. The van der Waals surface area contributed by atoms with Gasteiger partial charge in [0.2, 0.25) is 0 Å². The molecule has 2 unspecified atom stereocenters. The van der Waals surface area contributed by atoms with Gasteiger partial charge in [0.15, 0.2) is 14.6 Å². The van der Waals surface area contributed by atoms with Gasteiger partial charge in [-0.3, -0.25) is 0 Å². The number of carbonyl (C=O) groups is 1. The zero-order chi connectivity index (χ0) is 13.9. The fourth-order valence-electron chi connectivity index (χ4n) is 1.08. The Balaban J connectivity index is 4.65. The molecule has 102 valence electrons. The molecule has 0 heterocycles. The summed E-state index contributed by atoms with van der Waals surface area (Å²) in [6.07, 6.45) is -1.62. The molecule has 0 aliphatic rings. The Morgan fingerprint density at radius 3 is 2.12 bits per heavy atom. The lowest BCUT2D eigenvalue weighted by Gasteiger charge is -2.40. The summed E-state index contributed by atoms with van der Waals surface area (Å²) in [5, 5.41) is 11.1. The summed E-state index contributed by atoms with van der Waals surface area (Å²) in [6, 6.07) is -0.397. The van der Waals surface area contributed by atoms with Crippen molar-refractivity contribution in [3.63, 3.8) is 0 Å². The van der Waals surface area contributed by atoms with E-state index in [4.69, 9.17) is 14.3 Å². The second kappa shape index (κ2) is 5.84. The Hall–Kier alpha value is -0.593. The van der Waals surface area contributed by atoms with Crippen LogP contribution in [0.25, 0.3) is 0 Å². The summed E-state index contributed by atoms with van der Waals surface area (Å²) in [5.74, 6) is 0. The first-order chi connectivity index (χ1) is 7.51. The van der Waals surface area contributed by atoms with Gasteiger partial charge in [0.05, 0.1) is 6.04 Å². The highest BCUT2D eigenvalue weighted by molar-refractivity contribution is 6.74. The molecule has 0 bridgehead atoms. The minimum Gasteiger partial charge on any atom is -0.465 e. The molecule has 0 rings (SSSR count). The standard InChI is InChI=1S/C11H25NO4Si/c1-8(12-10(13)14)9(15-5)16-17(6,7)11(2,3)4/h8-9,12H,1-7H3,(H,13,14). The van der Waals surface area contributed by atoms with Gasteiger partial charge in [0.1, 0.15) is 0 Å². The number of hydrogen-bond acceptors (Lipinski definition) is 3. The van der Waals surface area contributed by atoms with Crippen LogP contribution in [0, 0.1) is 0 Å². The predicted molar refractivity (Wildman–Crippen MR) is 69.7 cm³/mol. The third kappa shape index (κ3) is 5.05. The monoisotopic (exact) mass is 263 g/mol. The molecular weight excluding hydrogens is 238 g/mol. The van der Waals surface area contributed by atoms with E-state index in [0.717, 1.165) is 0 Å². The van der Waals surface area contributed by atoms with Gasteiger partial charge in [0.25, 0.3) is 0 Å². The molecule has 0 fully saturated rings. The molecule has 0 saturated carbocycles. The minimum absolute atomic E-state index is 0.0622. The molecule has 0 aliphatic heterocycles. The Kier molecular flexibility index (Phi) is 5.63. The molecular formula is C11H25NO4Si. The van der Waals surface area contributed by atoms with Gasteiger partial charge in [-0.1, -0.05) is 20.8 Å². The Morgan fingerprint density at radius 1 is 1.35 bits per heavy atom. The van der Waals surface area contributed by atoms with Crippen LogP contribution in [0.4, 0.5) is 4.79 Å². The lowest BCUT2D eigenvalue weighted by molar-refractivity contribution is -0.0809. The van der Waals surface area contributed by atoms with E-state index in [1.165, 1.54) is 7.11 Å². The Labute approximate surface area is 105 Å². The Morgan fingerprint density at radius 2 is 1.82 bits per heavy atom. The van der Waals surface area contributed by atoms with Crippen LogP contribution in [0.2, 0.25) is 18.1 Å². The molecule has 0 aromatic heterocycles. The molecule has 1 amide bonds. The SMILES string of the molecule is COC(O[Si](C)(C)C(C)(C)C)C(C)NC(=O)O. The summed E-state index contributed by atoms with van der Waals surface area (Å²) >= 11 is 0. The molecule has 0 radical (unpaired) electrons. The van der Waals surface area contributed by atoms with E-state index in [-0.39, 0.29) is 5.04 Å². The lowest BCUT2D eigenvalue weighted by Crippen LogP contribution is -2.51. The molecule has 0 aromatic carbocycles. The smallest absolute Gasteiger partial charge is 0.405 e. The fraction of sp³-hybridized carbons (Fsp3) is 0.909. The molecule has 2 atom stereocenters. The van der Waals surface area contributed by atoms with Crippen LogP contribution in [0.5, 0.6) is 0 Å². The van der Waals surface area contributed by atoms with Crippen molar-refractivity contribution >= 4 is 14.4 Å². The van der Waals surface area contributed by atoms with Crippen LogP contribution in [0.1, 0.15) is 27.7 Å². The van der Waals surface area contributed by atoms with E-state index in [1.54, 1.807) is 6.92 Å². The molecule has 0 spiro atoms. The predicted octanol–water partition coefficient (Wildman–Crippen LogP) is 2.64. The quantitative estimate of drug-likeness (QED) is 0.591. The van der Waals surface area contributed by atoms with E-state index in [0.29, 0.717) is 0 Å². The largest absolute Gasteiger partial charge is 0.465 e. The molecule has 2 N–H and O–H groups in total. The summed E-state index contributed by atoms with van der Waals surface area (Å²) in [4.78, 5) is 10.6. The molecule has 0 aliphatic carbocycles. The summed E-state index contributed by atoms with van der Waals surface area (Å²) in [7, 11) is -0.435. The van der Waals surface area contributed by atoms with Crippen LogP contribution in [-0.2, 0) is 9.16 Å². The van der Waals surface area contributed by atoms with E-state index in [9.17, 15) is 4.79 Å². The fourth-order valence-corrected chi connectivity index (χ4v) is 2.32. The van der Waals surface area contributed by atoms with Crippen molar-refractivity contribution in [2.45, 2.75) is 58.2 Å². The number of ether oxygens (including phenoxy) is 1. The zero-order valence-electron chi connectivity index (χ0n) is 11.8. The second-order valence-electron chi connectivity index (χ2n) is 5.72. The highest BCUT2D eigenvalue weighted by Crippen LogP contribution is 2.37. The first-order valence-electron chi connectivity index (χ1n) is 5.71. The third-order valence-electron chi connectivity index (χ3n) is 3.21. The number of nitrogens with one attached hydrogen (secondary N) is 1. The van der Waals surface area contributed by atoms with E-state index < -0.39 is 26.7 Å². The first-order valence-corrected chi connectivity index (χ1v) is 8.62. The summed E-state index contributed by atoms with van der Waals surface area (Å²) in [6.45, 7) is 12.3. The maximum absolute atomic E-state index is 10.6. The van der Waals surface area contributed by atoms with Crippen molar-refractivity contribution in [1.29, 1.82) is 0 Å². The van der Waals surface area contributed by atoms with Crippen molar-refractivity contribution in [2.24, 2.45) is 0 Å². The molecule has 0 saturated heterocycles. The third-order valence-corrected chi connectivity index (χ3v) is 7.64. The van der Waals surface area contributed by atoms with Gasteiger partial charge >= 0.3 is 6.09 Å². The number of methoxy groups -OCH3 is 1. The average Bonchev–Trinajstić information content (AvgIpc) is 2.10. The average molecular weight is 263 g/mol. The van der Waals surface area contributed by atoms with Crippen molar-refractivity contribution in [1.82, 2.24) is 5.32 Å². The van der Waals surface area contributed by atoms with Crippen LogP contribution in [0.15, 0.2) is 0 Å². The zero-order valence-corrected chi connectivity index (χ0v) is 12.8. The van der Waals surface area contributed by atoms with Crippen molar-refractivity contribution < 1.29 is 19.1 Å². The van der Waals surface area contributed by atoms with Gasteiger partial charge in [-0.05, 0) is 25.1 Å². The lowest BCUT2D eigenvalue weighted by atomic mass is 10.2. The summed E-state index contributed by atoms with van der Waals surface area (Å²) in [5.41, 5.74) is 0. The van der Waals surface area contributed by atoms with Crippen molar-refractivity contribution in [3.8, 4) is 0 Å². The van der Waals surface area contributed by atoms with Crippen LogP contribution in [-0.4, -0.2) is 39.0 Å². The van der Waals surface area contributed by atoms with E-state index in [2.05, 4.69) is 39.2 Å². The van der Waals surface area contributed by atoms with E-state index in [1.807, 2.05) is 0 Å². The number of hydrogen-bond donors (Lipinski definition) is 2. The van der Waals surface area contributed by atoms with Gasteiger partial charge in [0, 0.05) is 7.11 Å². The normalized spacial score (nSPS) is 16.4. The molecule has 5 nitrogen and oxygen atoms in total. The number of rotatable bonds is 5. The van der Waals surface area contributed by atoms with Crippen LogP contribution < -0.4 is 5.32 Å². The summed E-state index contributed by atoms with van der Waals surface area (Å²) < 4.78 is 11.2. The molecule has 17 heavy (non-hydrogen) atoms. The van der Waals surface area contributed by atoms with Crippen LogP contribution in [0.3, 0.4) is 0 Å². The maximum atomic E-state index is 10.6. The van der Waals surface area contributed by atoms with Crippen LogP contribution >= 0.6 is 0 Å².